The van der Waals surface area contributed by atoms with Crippen LogP contribution in [0.3, 0.4) is 0 Å². The summed E-state index contributed by atoms with van der Waals surface area (Å²) in [6, 6.07) is 0.223. The summed E-state index contributed by atoms with van der Waals surface area (Å²) in [5.41, 5.74) is -0.701. The monoisotopic (exact) mass is 237 g/mol. The van der Waals surface area contributed by atoms with Gasteiger partial charge < -0.3 is 10.1 Å². The highest BCUT2D eigenvalue weighted by atomic mass is 16.5. The van der Waals surface area contributed by atoms with Crippen molar-refractivity contribution in [2.45, 2.75) is 57.1 Å². The highest BCUT2D eigenvalue weighted by molar-refractivity contribution is 5.85. The van der Waals surface area contributed by atoms with Crippen LogP contribution < -0.4 is 5.32 Å². The van der Waals surface area contributed by atoms with E-state index < -0.39 is 5.60 Å². The van der Waals surface area contributed by atoms with Gasteiger partial charge in [0.15, 0.2) is 0 Å². The number of hydrogen-bond acceptors (Lipinski definition) is 2. The maximum absolute atomic E-state index is 12.1. The third-order valence-corrected chi connectivity index (χ3v) is 4.13. The van der Waals surface area contributed by atoms with Crippen LogP contribution in [0.2, 0.25) is 0 Å². The minimum Gasteiger partial charge on any atom is -0.363 e. The molecule has 2 fully saturated rings. The molecule has 2 atom stereocenters. The van der Waals surface area contributed by atoms with E-state index in [1.54, 1.807) is 6.08 Å². The first-order chi connectivity index (χ1) is 8.15. The number of rotatable bonds is 3. The Morgan fingerprint density at radius 3 is 2.76 bits per heavy atom. The van der Waals surface area contributed by atoms with Gasteiger partial charge in [0.1, 0.15) is 5.60 Å². The molecule has 1 N–H and O–H groups in total. The third-order valence-electron chi connectivity index (χ3n) is 4.13. The second-order valence-electron chi connectivity index (χ2n) is 5.51. The average Bonchev–Trinajstić information content (AvgIpc) is 2.34. The lowest BCUT2D eigenvalue weighted by molar-refractivity contribution is -0.157. The Morgan fingerprint density at radius 1 is 1.47 bits per heavy atom. The second kappa shape index (κ2) is 5.21. The summed E-state index contributed by atoms with van der Waals surface area (Å²) < 4.78 is 5.80. The molecule has 1 amide bonds. The minimum atomic E-state index is -0.701. The van der Waals surface area contributed by atoms with Crippen LogP contribution in [0, 0.1) is 5.92 Å². The standard InChI is InChI=1S/C14H23NO2/c1-3-9-14(2)13(16)15-12(10-17-14)11-7-5-4-6-8-11/h3,11-12H,1,4-10H2,2H3,(H,15,16)/t12-,14+/m0/s1. The van der Waals surface area contributed by atoms with Gasteiger partial charge in [-0.3, -0.25) is 4.79 Å². The second-order valence-corrected chi connectivity index (χ2v) is 5.51. The summed E-state index contributed by atoms with van der Waals surface area (Å²) in [6.45, 7) is 6.19. The van der Waals surface area contributed by atoms with E-state index in [4.69, 9.17) is 4.74 Å². The molecule has 0 bridgehead atoms. The molecule has 17 heavy (non-hydrogen) atoms. The summed E-state index contributed by atoms with van der Waals surface area (Å²) in [5, 5.41) is 3.15. The molecule has 1 heterocycles. The average molecular weight is 237 g/mol. The predicted octanol–water partition coefficient (Wildman–Crippen LogP) is 2.42. The molecule has 0 radical (unpaired) electrons. The van der Waals surface area contributed by atoms with Crippen LogP contribution in [0.4, 0.5) is 0 Å². The first-order valence-electron chi connectivity index (χ1n) is 6.71. The fourth-order valence-corrected chi connectivity index (χ4v) is 2.92. The van der Waals surface area contributed by atoms with Crippen molar-refractivity contribution in [3.05, 3.63) is 12.7 Å². The fraction of sp³-hybridized carbons (Fsp3) is 0.786. The quantitative estimate of drug-likeness (QED) is 0.766. The van der Waals surface area contributed by atoms with Gasteiger partial charge in [-0.05, 0) is 25.7 Å². The van der Waals surface area contributed by atoms with E-state index in [1.807, 2.05) is 6.92 Å². The first kappa shape index (κ1) is 12.6. The van der Waals surface area contributed by atoms with Crippen LogP contribution in [-0.4, -0.2) is 24.2 Å². The smallest absolute Gasteiger partial charge is 0.252 e. The Balaban J connectivity index is 1.94. The molecule has 1 saturated heterocycles. The van der Waals surface area contributed by atoms with Gasteiger partial charge >= 0.3 is 0 Å². The summed E-state index contributed by atoms with van der Waals surface area (Å²) in [7, 11) is 0. The van der Waals surface area contributed by atoms with Crippen LogP contribution in [0.1, 0.15) is 45.4 Å². The van der Waals surface area contributed by atoms with Crippen molar-refractivity contribution in [1.82, 2.24) is 5.32 Å². The van der Waals surface area contributed by atoms with Gasteiger partial charge in [-0.25, -0.2) is 0 Å². The Hall–Kier alpha value is -0.830. The highest BCUT2D eigenvalue weighted by Crippen LogP contribution is 2.30. The van der Waals surface area contributed by atoms with Gasteiger partial charge in [-0.15, -0.1) is 6.58 Å². The van der Waals surface area contributed by atoms with Crippen molar-refractivity contribution in [1.29, 1.82) is 0 Å². The molecule has 3 heteroatoms. The topological polar surface area (TPSA) is 38.3 Å². The molecule has 3 nitrogen and oxygen atoms in total. The van der Waals surface area contributed by atoms with Crippen LogP contribution in [0.5, 0.6) is 0 Å². The number of amides is 1. The van der Waals surface area contributed by atoms with Gasteiger partial charge in [0.05, 0.1) is 12.6 Å². The fourth-order valence-electron chi connectivity index (χ4n) is 2.92. The van der Waals surface area contributed by atoms with Gasteiger partial charge in [-0.1, -0.05) is 25.3 Å². The van der Waals surface area contributed by atoms with Gasteiger partial charge in [0, 0.05) is 6.42 Å². The summed E-state index contributed by atoms with van der Waals surface area (Å²) in [5.74, 6) is 0.639. The lowest BCUT2D eigenvalue weighted by Gasteiger charge is -2.40. The van der Waals surface area contributed by atoms with Crippen molar-refractivity contribution < 1.29 is 9.53 Å². The van der Waals surface area contributed by atoms with Crippen molar-refractivity contribution in [2.24, 2.45) is 5.92 Å². The van der Waals surface area contributed by atoms with Crippen LogP contribution in [-0.2, 0) is 9.53 Å². The molecule has 2 rings (SSSR count). The molecule has 1 aliphatic heterocycles. The molecular formula is C14H23NO2. The van der Waals surface area contributed by atoms with E-state index in [0.29, 0.717) is 18.9 Å². The van der Waals surface area contributed by atoms with Gasteiger partial charge in [-0.2, -0.15) is 0 Å². The van der Waals surface area contributed by atoms with E-state index in [0.717, 1.165) is 0 Å². The number of ether oxygens (including phenoxy) is 1. The van der Waals surface area contributed by atoms with Crippen LogP contribution >= 0.6 is 0 Å². The van der Waals surface area contributed by atoms with E-state index in [-0.39, 0.29) is 11.9 Å². The third kappa shape index (κ3) is 2.71. The zero-order valence-electron chi connectivity index (χ0n) is 10.7. The van der Waals surface area contributed by atoms with Gasteiger partial charge in [0.2, 0.25) is 0 Å². The summed E-state index contributed by atoms with van der Waals surface area (Å²) >= 11 is 0. The molecule has 96 valence electrons. The zero-order chi connectivity index (χ0) is 12.3. The maximum Gasteiger partial charge on any atom is 0.252 e. The maximum atomic E-state index is 12.1. The number of hydrogen-bond donors (Lipinski definition) is 1. The van der Waals surface area contributed by atoms with Crippen molar-refractivity contribution >= 4 is 5.91 Å². The normalized spacial score (nSPS) is 35.4. The Kier molecular flexibility index (Phi) is 3.87. The molecule has 0 aromatic carbocycles. The van der Waals surface area contributed by atoms with E-state index in [1.165, 1.54) is 32.1 Å². The largest absolute Gasteiger partial charge is 0.363 e. The molecule has 1 aliphatic carbocycles. The Morgan fingerprint density at radius 2 is 2.18 bits per heavy atom. The number of carbonyl (C=O) groups excluding carboxylic acids is 1. The minimum absolute atomic E-state index is 0.0271. The lowest BCUT2D eigenvalue weighted by atomic mass is 9.83. The lowest BCUT2D eigenvalue weighted by Crippen LogP contribution is -2.59. The Bertz CT molecular complexity index is 297. The molecule has 0 aromatic rings. The molecule has 2 aliphatic rings. The van der Waals surface area contributed by atoms with Crippen LogP contribution in [0.25, 0.3) is 0 Å². The molecule has 0 aromatic heterocycles. The Labute approximate surface area is 104 Å². The summed E-state index contributed by atoms with van der Waals surface area (Å²) in [6.07, 6.45) is 8.71. The molecule has 0 spiro atoms. The highest BCUT2D eigenvalue weighted by Gasteiger charge is 2.41. The number of carbonyl (C=O) groups is 1. The van der Waals surface area contributed by atoms with Crippen molar-refractivity contribution in [3.63, 3.8) is 0 Å². The van der Waals surface area contributed by atoms with Crippen LogP contribution in [0.15, 0.2) is 12.7 Å². The van der Waals surface area contributed by atoms with E-state index in [9.17, 15) is 4.79 Å². The van der Waals surface area contributed by atoms with Crippen molar-refractivity contribution in [2.75, 3.05) is 6.61 Å². The van der Waals surface area contributed by atoms with Crippen molar-refractivity contribution in [3.8, 4) is 0 Å². The first-order valence-corrected chi connectivity index (χ1v) is 6.71. The number of morpholine rings is 1. The zero-order valence-corrected chi connectivity index (χ0v) is 10.7. The SMILES string of the molecule is C=CC[C@@]1(C)OC[C@@H](C2CCCCC2)NC1=O. The molecule has 1 saturated carbocycles. The van der Waals surface area contributed by atoms with E-state index >= 15 is 0 Å². The summed E-state index contributed by atoms with van der Waals surface area (Å²) in [4.78, 5) is 12.1. The number of nitrogens with one attached hydrogen (secondary N) is 1. The molecule has 0 unspecified atom stereocenters. The molecular weight excluding hydrogens is 214 g/mol. The van der Waals surface area contributed by atoms with Gasteiger partial charge in [0.25, 0.3) is 5.91 Å². The predicted molar refractivity (Wildman–Crippen MR) is 67.7 cm³/mol. The van der Waals surface area contributed by atoms with E-state index in [2.05, 4.69) is 11.9 Å².